The Balaban J connectivity index is 1.19. The molecular formula is C53H44F6N2O10. The van der Waals surface area contributed by atoms with Crippen LogP contribution in [0.3, 0.4) is 0 Å². The molecule has 71 heavy (non-hydrogen) atoms. The van der Waals surface area contributed by atoms with Crippen LogP contribution in [0.25, 0.3) is 12.2 Å². The van der Waals surface area contributed by atoms with Gasteiger partial charge in [-0.1, -0.05) is 60.7 Å². The van der Waals surface area contributed by atoms with Crippen LogP contribution in [0, 0.1) is 5.41 Å². The van der Waals surface area contributed by atoms with Crippen LogP contribution in [0.15, 0.2) is 158 Å². The van der Waals surface area contributed by atoms with Gasteiger partial charge in [0.2, 0.25) is 11.6 Å². The van der Waals surface area contributed by atoms with E-state index in [2.05, 4.69) is 9.47 Å². The lowest BCUT2D eigenvalue weighted by molar-refractivity contribution is -0.230. The second-order valence-electron chi connectivity index (χ2n) is 16.2. The molecule has 0 aliphatic heterocycles. The van der Waals surface area contributed by atoms with Crippen LogP contribution in [0.1, 0.15) is 49.4 Å². The van der Waals surface area contributed by atoms with Gasteiger partial charge in [-0.05, 0) is 144 Å². The topological polar surface area (TPSA) is 198 Å². The van der Waals surface area contributed by atoms with Gasteiger partial charge in [0.1, 0.15) is 23.0 Å². The summed E-state index contributed by atoms with van der Waals surface area (Å²) in [5.41, 5.74) is 12.8. The third kappa shape index (κ3) is 15.4. The number of esters is 2. The summed E-state index contributed by atoms with van der Waals surface area (Å²) < 4.78 is 94.8. The van der Waals surface area contributed by atoms with E-state index in [1.807, 2.05) is 0 Å². The van der Waals surface area contributed by atoms with Crippen molar-refractivity contribution in [1.82, 2.24) is 0 Å². The molecule has 0 amide bonds. The minimum absolute atomic E-state index is 0.0318. The number of nitrogens with two attached hydrogens (primary N) is 2. The number of nitrogen functional groups attached to an aromatic ring is 2. The molecule has 6 aromatic carbocycles. The molecule has 0 aliphatic rings. The molecule has 0 fully saturated rings. The number of allylic oxidation sites excluding steroid dienone is 1. The number of carbonyl (C=O) groups is 4. The Kier molecular flexibility index (Phi) is 16.5. The van der Waals surface area contributed by atoms with Crippen LogP contribution in [-0.2, 0) is 22.4 Å². The fourth-order valence-electron chi connectivity index (χ4n) is 7.07. The molecule has 0 bridgehead atoms. The maximum Gasteiger partial charge on any atom is 0.422 e. The monoisotopic (exact) mass is 982 g/mol. The largest absolute Gasteiger partial charge is 0.484 e. The van der Waals surface area contributed by atoms with Crippen LogP contribution in [-0.4, -0.2) is 65.1 Å². The quantitative estimate of drug-likeness (QED) is 0.0141. The van der Waals surface area contributed by atoms with Gasteiger partial charge in [0.15, 0.2) is 19.0 Å². The smallest absolute Gasteiger partial charge is 0.422 e. The van der Waals surface area contributed by atoms with Crippen LogP contribution in [0.2, 0.25) is 0 Å². The number of carbonyl (C=O) groups excluding carboxylic acids is 4. The third-order valence-corrected chi connectivity index (χ3v) is 10.7. The fourth-order valence-corrected chi connectivity index (χ4v) is 7.07. The first-order valence-electron chi connectivity index (χ1n) is 21.4. The maximum atomic E-state index is 14.1. The number of rotatable bonds is 20. The van der Waals surface area contributed by atoms with Crippen LogP contribution in [0.4, 0.5) is 37.7 Å². The van der Waals surface area contributed by atoms with E-state index in [0.717, 1.165) is 6.08 Å². The predicted molar refractivity (Wildman–Crippen MR) is 250 cm³/mol. The standard InChI is InChI=1S/C53H44F6N2O10/c54-51(55,56)32-68-43-20-24-45(25-21-43)70-48(64)38-11-1-34(2-12-38)9-19-42(62)31-50(29-36-5-15-40(60)16-6-36,30-37-7-17-41(61)18-8-37)53(66,67)47(63)28-10-35-3-13-39(14-4-35)49(65)71-46-26-22-44(23-27-46)69-33-52(57,58)59/h1-28,66-67H,29-33,60-61H2/b19-9+,28-10+. The Hall–Kier alpha value is -8.22. The summed E-state index contributed by atoms with van der Waals surface area (Å²) in [5, 5.41) is 24.3. The zero-order valence-corrected chi connectivity index (χ0v) is 37.3. The van der Waals surface area contributed by atoms with Gasteiger partial charge in [-0.15, -0.1) is 0 Å². The van der Waals surface area contributed by atoms with Crippen molar-refractivity contribution in [3.8, 4) is 23.0 Å². The zero-order valence-electron chi connectivity index (χ0n) is 37.3. The fraction of sp³-hybridized carbons (Fsp3) is 0.170. The number of halogens is 6. The number of alkyl halides is 6. The summed E-state index contributed by atoms with van der Waals surface area (Å²) in [6, 6.07) is 34.3. The minimum Gasteiger partial charge on any atom is -0.484 e. The number of hydrogen-bond acceptors (Lipinski definition) is 12. The summed E-state index contributed by atoms with van der Waals surface area (Å²) >= 11 is 0. The molecule has 6 N–H and O–H groups in total. The van der Waals surface area contributed by atoms with E-state index in [1.165, 1.54) is 115 Å². The Morgan fingerprint density at radius 1 is 0.479 bits per heavy atom. The normalized spacial score (nSPS) is 12.2. The molecule has 0 radical (unpaired) electrons. The van der Waals surface area contributed by atoms with Crippen molar-refractivity contribution in [3.05, 3.63) is 191 Å². The Morgan fingerprint density at radius 3 is 1.20 bits per heavy atom. The highest BCUT2D eigenvalue weighted by Crippen LogP contribution is 2.43. The zero-order chi connectivity index (χ0) is 51.4. The minimum atomic E-state index is -4.53. The lowest BCUT2D eigenvalue weighted by Gasteiger charge is -2.42. The Bertz CT molecular complexity index is 2800. The van der Waals surface area contributed by atoms with Crippen LogP contribution < -0.4 is 30.4 Å². The lowest BCUT2D eigenvalue weighted by Crippen LogP contribution is -2.57. The number of benzene rings is 6. The van der Waals surface area contributed by atoms with Crippen LogP contribution in [0.5, 0.6) is 23.0 Å². The van der Waals surface area contributed by atoms with Gasteiger partial charge in [-0.3, -0.25) is 9.59 Å². The lowest BCUT2D eigenvalue weighted by atomic mass is 9.65. The third-order valence-electron chi connectivity index (χ3n) is 10.7. The Labute approximate surface area is 402 Å². The van der Waals surface area contributed by atoms with Crippen molar-refractivity contribution in [2.75, 3.05) is 24.7 Å². The molecule has 368 valence electrons. The molecule has 0 aromatic heterocycles. The highest BCUT2D eigenvalue weighted by molar-refractivity contribution is 6.01. The molecule has 0 atom stereocenters. The van der Waals surface area contributed by atoms with Gasteiger partial charge in [0, 0.05) is 23.2 Å². The number of aliphatic hydroxyl groups is 2. The molecule has 6 aromatic rings. The molecule has 18 heteroatoms. The molecule has 6 rings (SSSR count). The highest BCUT2D eigenvalue weighted by Gasteiger charge is 2.54. The maximum absolute atomic E-state index is 14.1. The average molecular weight is 983 g/mol. The van der Waals surface area contributed by atoms with E-state index >= 15 is 0 Å². The van der Waals surface area contributed by atoms with E-state index < -0.39 is 66.7 Å². The molecule has 0 saturated carbocycles. The van der Waals surface area contributed by atoms with Gasteiger partial charge in [0.25, 0.3) is 0 Å². The SMILES string of the molecule is Nc1ccc(CC(CC(=O)/C=C/c2ccc(C(=O)Oc3ccc(OCC(F)(F)F)cc3)cc2)(Cc2ccc(N)cc2)C(O)(O)C(=O)/C=C/c2ccc(C(=O)Oc3ccc(OCC(F)(F)F)cc3)cc2)cc1. The van der Waals surface area contributed by atoms with Gasteiger partial charge < -0.3 is 40.6 Å². The summed E-state index contributed by atoms with van der Waals surface area (Å²) in [6.45, 7) is -2.98. The average Bonchev–Trinajstić information content (AvgIpc) is 3.33. The van der Waals surface area contributed by atoms with E-state index in [-0.39, 0.29) is 47.0 Å². The number of ketones is 2. The molecule has 0 saturated heterocycles. The second-order valence-corrected chi connectivity index (χ2v) is 16.2. The number of hydrogen-bond donors (Lipinski definition) is 4. The number of anilines is 2. The summed E-state index contributed by atoms with van der Waals surface area (Å²) in [5.74, 6) is -6.68. The van der Waals surface area contributed by atoms with Crippen molar-refractivity contribution >= 4 is 47.0 Å². The van der Waals surface area contributed by atoms with Crippen molar-refractivity contribution in [1.29, 1.82) is 0 Å². The first-order valence-corrected chi connectivity index (χ1v) is 21.4. The van der Waals surface area contributed by atoms with Gasteiger partial charge >= 0.3 is 24.3 Å². The first kappa shape index (κ1) is 52.2. The molecule has 0 aliphatic carbocycles. The first-order chi connectivity index (χ1) is 33.5. The predicted octanol–water partition coefficient (Wildman–Crippen LogP) is 9.58. The van der Waals surface area contributed by atoms with E-state index in [9.17, 15) is 55.7 Å². The van der Waals surface area contributed by atoms with Crippen LogP contribution >= 0.6 is 0 Å². The summed E-state index contributed by atoms with van der Waals surface area (Å²) in [7, 11) is 0. The number of ether oxygens (including phenoxy) is 4. The molecular weight excluding hydrogens is 939 g/mol. The summed E-state index contributed by atoms with van der Waals surface area (Å²) in [4.78, 5) is 53.8. The van der Waals surface area contributed by atoms with E-state index in [4.69, 9.17) is 20.9 Å². The van der Waals surface area contributed by atoms with E-state index in [1.54, 1.807) is 48.5 Å². The van der Waals surface area contributed by atoms with E-state index in [0.29, 0.717) is 33.6 Å². The van der Waals surface area contributed by atoms with Crippen molar-refractivity contribution in [2.45, 2.75) is 37.4 Å². The summed E-state index contributed by atoms with van der Waals surface area (Å²) in [6.07, 6.45) is -5.24. The Morgan fingerprint density at radius 2 is 0.831 bits per heavy atom. The van der Waals surface area contributed by atoms with Gasteiger partial charge in [-0.2, -0.15) is 26.3 Å². The van der Waals surface area contributed by atoms with Crippen molar-refractivity contribution in [2.24, 2.45) is 5.41 Å². The highest BCUT2D eigenvalue weighted by atomic mass is 19.4. The van der Waals surface area contributed by atoms with Crippen molar-refractivity contribution < 1.29 is 74.7 Å². The molecule has 0 unspecified atom stereocenters. The molecule has 12 nitrogen and oxygen atoms in total. The molecule has 0 heterocycles. The van der Waals surface area contributed by atoms with Gasteiger partial charge in [-0.25, -0.2) is 9.59 Å². The van der Waals surface area contributed by atoms with Gasteiger partial charge in [0.05, 0.1) is 11.1 Å². The van der Waals surface area contributed by atoms with Crippen molar-refractivity contribution in [3.63, 3.8) is 0 Å². The second kappa shape index (κ2) is 22.5. The molecule has 0 spiro atoms.